The number of aliphatic hydroxyl groups excluding tert-OH is 1. The molecule has 0 saturated heterocycles. The van der Waals surface area contributed by atoms with Gasteiger partial charge >= 0.3 is 0 Å². The second-order valence-electron chi connectivity index (χ2n) is 4.52. The Balaban J connectivity index is 2.07. The van der Waals surface area contributed by atoms with Gasteiger partial charge in [-0.15, -0.1) is 0 Å². The smallest absolute Gasteiger partial charge is 0.253 e. The van der Waals surface area contributed by atoms with Crippen LogP contribution in [0, 0.1) is 0 Å². The summed E-state index contributed by atoms with van der Waals surface area (Å²) >= 11 is 0. The third-order valence-corrected chi connectivity index (χ3v) is 2.84. The van der Waals surface area contributed by atoms with E-state index < -0.39 is 6.04 Å². The number of aliphatic hydroxyl groups is 1. The lowest BCUT2D eigenvalue weighted by molar-refractivity contribution is 0.0907. The maximum absolute atomic E-state index is 12.1. The van der Waals surface area contributed by atoms with Crippen molar-refractivity contribution in [1.29, 1.82) is 0 Å². The Morgan fingerprint density at radius 2 is 2.25 bits per heavy atom. The van der Waals surface area contributed by atoms with Gasteiger partial charge in [-0.05, 0) is 24.3 Å². The van der Waals surface area contributed by atoms with Gasteiger partial charge in [0.15, 0.2) is 0 Å². The van der Waals surface area contributed by atoms with E-state index in [1.165, 1.54) is 12.5 Å². The Bertz CT molecular complexity index is 550. The van der Waals surface area contributed by atoms with Crippen LogP contribution in [0.2, 0.25) is 0 Å². The molecule has 0 aliphatic carbocycles. The molecule has 2 N–H and O–H groups in total. The Hall–Kier alpha value is -2.34. The number of furan rings is 1. The van der Waals surface area contributed by atoms with Crippen LogP contribution in [0.3, 0.4) is 0 Å². The molecular weight excluding hydrogens is 258 g/mol. The Kier molecular flexibility index (Phi) is 4.37. The number of aromatic nitrogens is 1. The van der Waals surface area contributed by atoms with E-state index in [9.17, 15) is 9.90 Å². The van der Waals surface area contributed by atoms with Crippen molar-refractivity contribution < 1.29 is 14.3 Å². The molecule has 20 heavy (non-hydrogen) atoms. The number of carbonyl (C=O) groups is 1. The van der Waals surface area contributed by atoms with Gasteiger partial charge in [0.1, 0.15) is 17.6 Å². The van der Waals surface area contributed by atoms with E-state index >= 15 is 0 Å². The third-order valence-electron chi connectivity index (χ3n) is 2.84. The molecule has 0 saturated carbocycles. The topological polar surface area (TPSA) is 78.6 Å². The van der Waals surface area contributed by atoms with Crippen LogP contribution in [0.5, 0.6) is 0 Å². The summed E-state index contributed by atoms with van der Waals surface area (Å²) in [5, 5.41) is 12.0. The number of nitrogens with zero attached hydrogens (tertiary/aromatic N) is 2. The molecule has 0 bridgehead atoms. The third kappa shape index (κ3) is 3.16. The fraction of sp³-hybridized carbons (Fsp3) is 0.286. The maximum Gasteiger partial charge on any atom is 0.253 e. The summed E-state index contributed by atoms with van der Waals surface area (Å²) in [6.45, 7) is -0.234. The average molecular weight is 275 g/mol. The summed E-state index contributed by atoms with van der Waals surface area (Å²) in [7, 11) is 3.75. The SMILES string of the molecule is CN(C)c1ccc(C(=O)NC(CO)c2ccco2)cn1. The van der Waals surface area contributed by atoms with E-state index in [-0.39, 0.29) is 12.5 Å². The first kappa shape index (κ1) is 14.1. The van der Waals surface area contributed by atoms with Crippen LogP contribution in [-0.4, -0.2) is 36.7 Å². The second-order valence-corrected chi connectivity index (χ2v) is 4.52. The largest absolute Gasteiger partial charge is 0.467 e. The number of hydrogen-bond donors (Lipinski definition) is 2. The summed E-state index contributed by atoms with van der Waals surface area (Å²) in [5.74, 6) is 0.975. The molecule has 2 aromatic rings. The zero-order valence-electron chi connectivity index (χ0n) is 11.4. The lowest BCUT2D eigenvalue weighted by Crippen LogP contribution is -2.30. The number of nitrogens with one attached hydrogen (secondary N) is 1. The monoisotopic (exact) mass is 275 g/mol. The van der Waals surface area contributed by atoms with Crippen molar-refractivity contribution in [2.75, 3.05) is 25.6 Å². The Morgan fingerprint density at radius 1 is 1.45 bits per heavy atom. The highest BCUT2D eigenvalue weighted by Gasteiger charge is 2.17. The molecule has 0 aliphatic heterocycles. The molecule has 0 fully saturated rings. The molecule has 6 nitrogen and oxygen atoms in total. The van der Waals surface area contributed by atoms with Crippen LogP contribution >= 0.6 is 0 Å². The summed E-state index contributed by atoms with van der Waals surface area (Å²) in [5.41, 5.74) is 0.431. The van der Waals surface area contributed by atoms with Crippen molar-refractivity contribution in [2.45, 2.75) is 6.04 Å². The predicted octanol–water partition coefficient (Wildman–Crippen LogP) is 1.20. The van der Waals surface area contributed by atoms with Crippen LogP contribution in [-0.2, 0) is 0 Å². The standard InChI is InChI=1S/C14H17N3O3/c1-17(2)13-6-5-10(8-15-13)14(19)16-11(9-18)12-4-3-7-20-12/h3-8,11,18H,9H2,1-2H3,(H,16,19). The molecule has 106 valence electrons. The van der Waals surface area contributed by atoms with E-state index in [0.29, 0.717) is 11.3 Å². The minimum absolute atomic E-state index is 0.234. The molecule has 1 amide bonds. The van der Waals surface area contributed by atoms with Crippen molar-refractivity contribution in [1.82, 2.24) is 10.3 Å². The molecule has 1 unspecified atom stereocenters. The van der Waals surface area contributed by atoms with Crippen LogP contribution < -0.4 is 10.2 Å². The molecule has 1 atom stereocenters. The van der Waals surface area contributed by atoms with Crippen LogP contribution in [0.1, 0.15) is 22.2 Å². The van der Waals surface area contributed by atoms with Gasteiger partial charge in [-0.2, -0.15) is 0 Å². The number of pyridine rings is 1. The lowest BCUT2D eigenvalue weighted by Gasteiger charge is -2.15. The van der Waals surface area contributed by atoms with Crippen LogP contribution in [0.25, 0.3) is 0 Å². The Morgan fingerprint density at radius 3 is 2.75 bits per heavy atom. The number of rotatable bonds is 5. The van der Waals surface area contributed by atoms with Crippen molar-refractivity contribution >= 4 is 11.7 Å². The minimum atomic E-state index is -0.564. The van der Waals surface area contributed by atoms with E-state index in [4.69, 9.17) is 4.42 Å². The highest BCUT2D eigenvalue weighted by atomic mass is 16.3. The van der Waals surface area contributed by atoms with Gasteiger partial charge in [-0.1, -0.05) is 0 Å². The molecular formula is C14H17N3O3. The summed E-state index contributed by atoms with van der Waals surface area (Å²) in [4.78, 5) is 18.1. The quantitative estimate of drug-likeness (QED) is 0.857. The van der Waals surface area contributed by atoms with E-state index in [0.717, 1.165) is 5.82 Å². The second kappa shape index (κ2) is 6.21. The average Bonchev–Trinajstić information content (AvgIpc) is 2.98. The molecule has 6 heteroatoms. The van der Waals surface area contributed by atoms with Crippen molar-refractivity contribution in [3.63, 3.8) is 0 Å². The summed E-state index contributed by atoms with van der Waals surface area (Å²) in [6.07, 6.45) is 3.00. The minimum Gasteiger partial charge on any atom is -0.467 e. The van der Waals surface area contributed by atoms with Crippen LogP contribution in [0.4, 0.5) is 5.82 Å². The van der Waals surface area contributed by atoms with Gasteiger partial charge in [-0.3, -0.25) is 4.79 Å². The normalized spacial score (nSPS) is 11.9. The first-order valence-electron chi connectivity index (χ1n) is 6.20. The van der Waals surface area contributed by atoms with Gasteiger partial charge in [0.05, 0.1) is 18.4 Å². The molecule has 2 heterocycles. The van der Waals surface area contributed by atoms with Gasteiger partial charge in [0.25, 0.3) is 5.91 Å². The highest BCUT2D eigenvalue weighted by Crippen LogP contribution is 2.14. The molecule has 0 radical (unpaired) electrons. The van der Waals surface area contributed by atoms with E-state index in [1.54, 1.807) is 24.3 Å². The van der Waals surface area contributed by atoms with Gasteiger partial charge in [0, 0.05) is 20.3 Å². The number of carbonyl (C=O) groups excluding carboxylic acids is 1. The predicted molar refractivity (Wildman–Crippen MR) is 74.6 cm³/mol. The molecule has 0 aromatic carbocycles. The molecule has 2 rings (SSSR count). The van der Waals surface area contributed by atoms with Crippen molar-refractivity contribution in [3.05, 3.63) is 48.0 Å². The van der Waals surface area contributed by atoms with Gasteiger partial charge in [0.2, 0.25) is 0 Å². The Labute approximate surface area is 117 Å². The number of hydrogen-bond acceptors (Lipinski definition) is 5. The first-order valence-corrected chi connectivity index (χ1v) is 6.20. The van der Waals surface area contributed by atoms with E-state index in [1.807, 2.05) is 19.0 Å². The zero-order chi connectivity index (χ0) is 14.5. The lowest BCUT2D eigenvalue weighted by atomic mass is 10.2. The molecule has 0 spiro atoms. The zero-order valence-corrected chi connectivity index (χ0v) is 11.4. The molecule has 2 aromatic heterocycles. The van der Waals surface area contributed by atoms with E-state index in [2.05, 4.69) is 10.3 Å². The maximum atomic E-state index is 12.1. The summed E-state index contributed by atoms with van der Waals surface area (Å²) < 4.78 is 5.18. The summed E-state index contributed by atoms with van der Waals surface area (Å²) in [6, 6.07) is 6.29. The fourth-order valence-corrected chi connectivity index (χ4v) is 1.72. The fourth-order valence-electron chi connectivity index (χ4n) is 1.72. The number of amides is 1. The van der Waals surface area contributed by atoms with Gasteiger partial charge in [-0.25, -0.2) is 4.98 Å². The first-order chi connectivity index (χ1) is 9.61. The van der Waals surface area contributed by atoms with Gasteiger partial charge < -0.3 is 19.7 Å². The van der Waals surface area contributed by atoms with Crippen LogP contribution in [0.15, 0.2) is 41.1 Å². The molecule has 0 aliphatic rings. The highest BCUT2D eigenvalue weighted by molar-refractivity contribution is 5.94. The number of anilines is 1. The van der Waals surface area contributed by atoms with Crippen molar-refractivity contribution in [2.24, 2.45) is 0 Å². The van der Waals surface area contributed by atoms with Crippen molar-refractivity contribution in [3.8, 4) is 0 Å².